The number of sulfonamides is 1. The number of carbonyl (C=O) groups is 1. The molecule has 0 aromatic heterocycles. The molecule has 0 saturated carbocycles. The number of anilines is 1. The standard InChI is InChI=1S/C16H17BrN2O4S/c1-11(16(20)18-14-5-3-4-6-15(14)23-2)19-24(21,22)13-9-7-12(17)8-10-13/h3-11,19H,1-2H3,(H,18,20)/t11-/m0/s1. The van der Waals surface area contributed by atoms with Crippen LogP contribution in [0.1, 0.15) is 6.92 Å². The normalized spacial score (nSPS) is 12.5. The zero-order chi connectivity index (χ0) is 17.7. The van der Waals surface area contributed by atoms with Gasteiger partial charge in [0.25, 0.3) is 0 Å². The second-order valence-electron chi connectivity index (χ2n) is 4.99. The highest BCUT2D eigenvalue weighted by atomic mass is 79.9. The lowest BCUT2D eigenvalue weighted by atomic mass is 10.2. The maximum Gasteiger partial charge on any atom is 0.242 e. The summed E-state index contributed by atoms with van der Waals surface area (Å²) in [6, 6.07) is 12.1. The van der Waals surface area contributed by atoms with E-state index in [1.807, 2.05) is 0 Å². The molecule has 8 heteroatoms. The maximum absolute atomic E-state index is 12.3. The highest BCUT2D eigenvalue weighted by Crippen LogP contribution is 2.23. The minimum Gasteiger partial charge on any atom is -0.495 e. The van der Waals surface area contributed by atoms with E-state index in [-0.39, 0.29) is 4.90 Å². The van der Waals surface area contributed by atoms with E-state index in [1.165, 1.54) is 26.2 Å². The number of halogens is 1. The first-order chi connectivity index (χ1) is 11.3. The summed E-state index contributed by atoms with van der Waals surface area (Å²) in [5.41, 5.74) is 0.472. The van der Waals surface area contributed by atoms with Crippen molar-refractivity contribution in [3.8, 4) is 5.75 Å². The molecular weight excluding hydrogens is 396 g/mol. The number of methoxy groups -OCH3 is 1. The van der Waals surface area contributed by atoms with E-state index in [4.69, 9.17) is 4.74 Å². The molecule has 0 fully saturated rings. The van der Waals surface area contributed by atoms with Gasteiger partial charge in [0, 0.05) is 4.47 Å². The van der Waals surface area contributed by atoms with E-state index in [0.29, 0.717) is 11.4 Å². The Labute approximate surface area is 149 Å². The molecule has 0 bridgehead atoms. The fourth-order valence-electron chi connectivity index (χ4n) is 1.96. The molecule has 1 amide bonds. The lowest BCUT2D eigenvalue weighted by Crippen LogP contribution is -2.41. The van der Waals surface area contributed by atoms with Gasteiger partial charge in [-0.1, -0.05) is 28.1 Å². The zero-order valence-electron chi connectivity index (χ0n) is 13.1. The first-order valence-corrected chi connectivity index (χ1v) is 9.33. The van der Waals surface area contributed by atoms with Gasteiger partial charge in [-0.15, -0.1) is 0 Å². The average molecular weight is 413 g/mol. The van der Waals surface area contributed by atoms with Crippen LogP contribution in [0.3, 0.4) is 0 Å². The molecule has 2 rings (SSSR count). The second kappa shape index (κ2) is 7.78. The Morgan fingerprint density at radius 3 is 2.38 bits per heavy atom. The van der Waals surface area contributed by atoms with Gasteiger partial charge in [0.15, 0.2) is 0 Å². The van der Waals surface area contributed by atoms with Gasteiger partial charge >= 0.3 is 0 Å². The molecule has 0 saturated heterocycles. The van der Waals surface area contributed by atoms with Gasteiger partial charge in [-0.05, 0) is 43.3 Å². The van der Waals surface area contributed by atoms with Crippen molar-refractivity contribution < 1.29 is 17.9 Å². The molecule has 0 aliphatic rings. The monoisotopic (exact) mass is 412 g/mol. The summed E-state index contributed by atoms with van der Waals surface area (Å²) in [7, 11) is -2.30. The number of carbonyl (C=O) groups excluding carboxylic acids is 1. The summed E-state index contributed by atoms with van der Waals surface area (Å²) in [5, 5.41) is 2.65. The quantitative estimate of drug-likeness (QED) is 0.763. The highest BCUT2D eigenvalue weighted by molar-refractivity contribution is 9.10. The molecule has 2 N–H and O–H groups in total. The Balaban J connectivity index is 2.09. The fraction of sp³-hybridized carbons (Fsp3) is 0.188. The summed E-state index contributed by atoms with van der Waals surface area (Å²) in [6.45, 7) is 1.47. The molecule has 24 heavy (non-hydrogen) atoms. The first kappa shape index (κ1) is 18.4. The van der Waals surface area contributed by atoms with Gasteiger partial charge in [-0.25, -0.2) is 8.42 Å². The predicted octanol–water partition coefficient (Wildman–Crippen LogP) is 2.76. The van der Waals surface area contributed by atoms with E-state index in [9.17, 15) is 13.2 Å². The SMILES string of the molecule is COc1ccccc1NC(=O)[C@H](C)NS(=O)(=O)c1ccc(Br)cc1. The van der Waals surface area contributed by atoms with Gasteiger partial charge < -0.3 is 10.1 Å². The van der Waals surface area contributed by atoms with Gasteiger partial charge in [0.1, 0.15) is 5.75 Å². The number of rotatable bonds is 6. The number of para-hydroxylation sites is 2. The highest BCUT2D eigenvalue weighted by Gasteiger charge is 2.22. The Morgan fingerprint density at radius 2 is 1.75 bits per heavy atom. The van der Waals surface area contributed by atoms with Crippen LogP contribution in [0.25, 0.3) is 0 Å². The third kappa shape index (κ3) is 4.56. The van der Waals surface area contributed by atoms with Crippen molar-refractivity contribution in [3.63, 3.8) is 0 Å². The van der Waals surface area contributed by atoms with Gasteiger partial charge in [0.2, 0.25) is 15.9 Å². The Morgan fingerprint density at radius 1 is 1.12 bits per heavy atom. The number of amides is 1. The number of hydrogen-bond acceptors (Lipinski definition) is 4. The van der Waals surface area contributed by atoms with E-state index in [0.717, 1.165) is 4.47 Å². The molecular formula is C16H17BrN2O4S. The molecule has 6 nitrogen and oxygen atoms in total. The third-order valence-corrected chi connectivity index (χ3v) is 5.30. The lowest BCUT2D eigenvalue weighted by molar-refractivity contribution is -0.117. The minimum atomic E-state index is -3.79. The summed E-state index contributed by atoms with van der Waals surface area (Å²) < 4.78 is 32.9. The van der Waals surface area contributed by atoms with Crippen LogP contribution in [0.5, 0.6) is 5.75 Å². The summed E-state index contributed by atoms with van der Waals surface area (Å²) in [4.78, 5) is 12.3. The number of hydrogen-bond donors (Lipinski definition) is 2. The van der Waals surface area contributed by atoms with Crippen LogP contribution < -0.4 is 14.8 Å². The maximum atomic E-state index is 12.3. The lowest BCUT2D eigenvalue weighted by Gasteiger charge is -2.16. The fourth-order valence-corrected chi connectivity index (χ4v) is 3.42. The molecule has 0 aliphatic carbocycles. The van der Waals surface area contributed by atoms with E-state index in [2.05, 4.69) is 26.0 Å². The van der Waals surface area contributed by atoms with Crippen molar-refractivity contribution >= 4 is 37.5 Å². The average Bonchev–Trinajstić information content (AvgIpc) is 2.55. The van der Waals surface area contributed by atoms with Crippen LogP contribution in [0.15, 0.2) is 57.9 Å². The van der Waals surface area contributed by atoms with Crippen molar-refractivity contribution in [2.45, 2.75) is 17.9 Å². The minimum absolute atomic E-state index is 0.0858. The topological polar surface area (TPSA) is 84.5 Å². The second-order valence-corrected chi connectivity index (χ2v) is 7.62. The largest absolute Gasteiger partial charge is 0.495 e. The van der Waals surface area contributed by atoms with Crippen molar-refractivity contribution in [3.05, 3.63) is 53.0 Å². The Bertz CT molecular complexity index is 822. The molecule has 128 valence electrons. The Kier molecular flexibility index (Phi) is 5.98. The number of benzene rings is 2. The Hall–Kier alpha value is -1.90. The van der Waals surface area contributed by atoms with Gasteiger partial charge in [0.05, 0.1) is 23.7 Å². The van der Waals surface area contributed by atoms with E-state index < -0.39 is 22.0 Å². The molecule has 1 atom stereocenters. The number of nitrogens with one attached hydrogen (secondary N) is 2. The van der Waals surface area contributed by atoms with Crippen molar-refractivity contribution in [2.24, 2.45) is 0 Å². The van der Waals surface area contributed by atoms with Gasteiger partial charge in [-0.2, -0.15) is 4.72 Å². The molecule has 0 radical (unpaired) electrons. The summed E-state index contributed by atoms with van der Waals surface area (Å²) in [5.74, 6) is 0.00834. The summed E-state index contributed by atoms with van der Waals surface area (Å²) >= 11 is 3.25. The molecule has 0 unspecified atom stereocenters. The molecule has 2 aromatic rings. The van der Waals surface area contributed by atoms with Gasteiger partial charge in [-0.3, -0.25) is 4.79 Å². The van der Waals surface area contributed by atoms with Crippen LogP contribution in [0.2, 0.25) is 0 Å². The third-order valence-electron chi connectivity index (χ3n) is 3.21. The van der Waals surface area contributed by atoms with Crippen molar-refractivity contribution in [1.29, 1.82) is 0 Å². The molecule has 0 aliphatic heterocycles. The van der Waals surface area contributed by atoms with Crippen LogP contribution in [-0.2, 0) is 14.8 Å². The molecule has 0 heterocycles. The van der Waals surface area contributed by atoms with Crippen LogP contribution in [-0.4, -0.2) is 27.5 Å². The van der Waals surface area contributed by atoms with Crippen LogP contribution in [0.4, 0.5) is 5.69 Å². The summed E-state index contributed by atoms with van der Waals surface area (Å²) in [6.07, 6.45) is 0. The zero-order valence-corrected chi connectivity index (χ0v) is 15.5. The first-order valence-electron chi connectivity index (χ1n) is 7.05. The predicted molar refractivity (Wildman–Crippen MR) is 95.5 cm³/mol. The smallest absolute Gasteiger partial charge is 0.242 e. The van der Waals surface area contributed by atoms with Crippen molar-refractivity contribution in [2.75, 3.05) is 12.4 Å². The van der Waals surface area contributed by atoms with E-state index in [1.54, 1.807) is 36.4 Å². The van der Waals surface area contributed by atoms with Crippen molar-refractivity contribution in [1.82, 2.24) is 4.72 Å². The number of ether oxygens (including phenoxy) is 1. The van der Waals surface area contributed by atoms with E-state index >= 15 is 0 Å². The van der Waals surface area contributed by atoms with Crippen LogP contribution in [0, 0.1) is 0 Å². The van der Waals surface area contributed by atoms with Crippen LogP contribution >= 0.6 is 15.9 Å². The molecule has 2 aromatic carbocycles. The molecule has 0 spiro atoms.